The summed E-state index contributed by atoms with van der Waals surface area (Å²) < 4.78 is 0. The Balaban J connectivity index is 1.98. The van der Waals surface area contributed by atoms with E-state index in [4.69, 9.17) is 0 Å². The third kappa shape index (κ3) is 2.24. The predicted octanol–water partition coefficient (Wildman–Crippen LogP) is 1.89. The van der Waals surface area contributed by atoms with Crippen molar-refractivity contribution in [2.75, 3.05) is 18.4 Å². The fourth-order valence-corrected chi connectivity index (χ4v) is 2.02. The van der Waals surface area contributed by atoms with E-state index >= 15 is 0 Å². The number of hydrogen-bond acceptors (Lipinski definition) is 2. The molecule has 1 atom stereocenters. The molecule has 2 N–H and O–H groups in total. The normalized spacial score (nSPS) is 17.4. The van der Waals surface area contributed by atoms with E-state index in [9.17, 15) is 4.79 Å². The van der Waals surface area contributed by atoms with Crippen LogP contribution in [0.1, 0.15) is 17.9 Å². The predicted molar refractivity (Wildman–Crippen MR) is 65.5 cm³/mol. The van der Waals surface area contributed by atoms with Gasteiger partial charge >= 0.3 is 0 Å². The number of carbonyl (C=O) groups is 1. The summed E-state index contributed by atoms with van der Waals surface area (Å²) in [5.74, 6) is 0.379. The molecule has 3 heteroatoms. The molecule has 1 aliphatic rings. The van der Waals surface area contributed by atoms with Crippen LogP contribution in [0.15, 0.2) is 36.9 Å². The summed E-state index contributed by atoms with van der Waals surface area (Å²) in [5, 5.41) is 6.12. The van der Waals surface area contributed by atoms with Gasteiger partial charge in [0.05, 0.1) is 0 Å². The van der Waals surface area contributed by atoms with E-state index in [2.05, 4.69) is 29.3 Å². The zero-order chi connectivity index (χ0) is 11.4. The molecule has 0 aliphatic carbocycles. The molecule has 0 saturated heterocycles. The van der Waals surface area contributed by atoms with Crippen molar-refractivity contribution in [3.8, 4) is 0 Å². The van der Waals surface area contributed by atoms with Crippen LogP contribution < -0.4 is 10.6 Å². The molecule has 0 aromatic heterocycles. The first-order valence-corrected chi connectivity index (χ1v) is 5.51. The second-order valence-electron chi connectivity index (χ2n) is 3.96. The number of para-hydroxylation sites is 1. The van der Waals surface area contributed by atoms with E-state index < -0.39 is 0 Å². The van der Waals surface area contributed by atoms with Crippen LogP contribution in [0.2, 0.25) is 0 Å². The van der Waals surface area contributed by atoms with Gasteiger partial charge in [-0.05, 0) is 11.6 Å². The highest BCUT2D eigenvalue weighted by Gasteiger charge is 2.23. The molecule has 1 heterocycles. The number of rotatable bonds is 4. The minimum Gasteiger partial charge on any atom is -0.384 e. The van der Waals surface area contributed by atoms with Crippen molar-refractivity contribution in [3.63, 3.8) is 0 Å². The highest BCUT2D eigenvalue weighted by Crippen LogP contribution is 2.32. The van der Waals surface area contributed by atoms with Gasteiger partial charge in [-0.1, -0.05) is 24.3 Å². The van der Waals surface area contributed by atoms with Gasteiger partial charge in [0.15, 0.2) is 0 Å². The quantitative estimate of drug-likeness (QED) is 0.755. The molecule has 0 saturated carbocycles. The topological polar surface area (TPSA) is 41.1 Å². The Morgan fingerprint density at radius 2 is 2.38 bits per heavy atom. The van der Waals surface area contributed by atoms with E-state index in [-0.39, 0.29) is 5.91 Å². The largest absolute Gasteiger partial charge is 0.384 e. The van der Waals surface area contributed by atoms with Crippen LogP contribution in [-0.2, 0) is 4.79 Å². The Hall–Kier alpha value is -1.77. The van der Waals surface area contributed by atoms with Gasteiger partial charge in [0.2, 0.25) is 5.91 Å². The lowest BCUT2D eigenvalue weighted by Gasteiger charge is -2.09. The highest BCUT2D eigenvalue weighted by molar-refractivity contribution is 5.78. The Morgan fingerprint density at radius 1 is 1.56 bits per heavy atom. The summed E-state index contributed by atoms with van der Waals surface area (Å²) in [6.07, 6.45) is 2.23. The van der Waals surface area contributed by atoms with E-state index in [0.29, 0.717) is 18.9 Å². The molecular formula is C13H16N2O. The van der Waals surface area contributed by atoms with Crippen LogP contribution in [0, 0.1) is 0 Å². The Labute approximate surface area is 95.6 Å². The molecule has 1 aromatic carbocycles. The van der Waals surface area contributed by atoms with Gasteiger partial charge in [-0.2, -0.15) is 0 Å². The summed E-state index contributed by atoms with van der Waals surface area (Å²) in [6, 6.07) is 8.16. The lowest BCUT2D eigenvalue weighted by Crippen LogP contribution is -2.25. The van der Waals surface area contributed by atoms with Gasteiger partial charge in [0.1, 0.15) is 0 Å². The van der Waals surface area contributed by atoms with Gasteiger partial charge in [0.25, 0.3) is 0 Å². The average molecular weight is 216 g/mol. The molecule has 16 heavy (non-hydrogen) atoms. The third-order valence-corrected chi connectivity index (χ3v) is 2.81. The van der Waals surface area contributed by atoms with E-state index in [1.54, 1.807) is 6.08 Å². The van der Waals surface area contributed by atoms with Crippen LogP contribution in [0.3, 0.4) is 0 Å². The fourth-order valence-electron chi connectivity index (χ4n) is 2.02. The monoisotopic (exact) mass is 216 g/mol. The fraction of sp³-hybridized carbons (Fsp3) is 0.308. The van der Waals surface area contributed by atoms with Crippen molar-refractivity contribution in [2.45, 2.75) is 12.3 Å². The molecule has 2 rings (SSSR count). The summed E-state index contributed by atoms with van der Waals surface area (Å²) in [6.45, 7) is 4.96. The molecule has 0 spiro atoms. The third-order valence-electron chi connectivity index (χ3n) is 2.81. The summed E-state index contributed by atoms with van der Waals surface area (Å²) in [5.41, 5.74) is 2.40. The van der Waals surface area contributed by atoms with E-state index in [1.807, 2.05) is 12.1 Å². The first-order chi connectivity index (χ1) is 7.81. The summed E-state index contributed by atoms with van der Waals surface area (Å²) in [4.78, 5) is 11.6. The van der Waals surface area contributed by atoms with Crippen molar-refractivity contribution in [1.29, 1.82) is 0 Å². The van der Waals surface area contributed by atoms with Crippen molar-refractivity contribution < 1.29 is 4.79 Å². The van der Waals surface area contributed by atoms with Crippen LogP contribution in [-0.4, -0.2) is 19.0 Å². The molecule has 0 fully saturated rings. The second-order valence-corrected chi connectivity index (χ2v) is 3.96. The SMILES string of the molecule is C=CCNC(=O)CC1CNc2ccccc21. The van der Waals surface area contributed by atoms with Crippen molar-refractivity contribution in [3.05, 3.63) is 42.5 Å². The van der Waals surface area contributed by atoms with Gasteiger partial charge < -0.3 is 10.6 Å². The molecule has 1 amide bonds. The number of carbonyl (C=O) groups excluding carboxylic acids is 1. The van der Waals surface area contributed by atoms with E-state index in [1.165, 1.54) is 5.56 Å². The number of anilines is 1. The zero-order valence-electron chi connectivity index (χ0n) is 9.20. The number of benzene rings is 1. The van der Waals surface area contributed by atoms with Gasteiger partial charge in [-0.25, -0.2) is 0 Å². The maximum Gasteiger partial charge on any atom is 0.220 e. The molecule has 1 aliphatic heterocycles. The Kier molecular flexibility index (Phi) is 3.25. The smallest absolute Gasteiger partial charge is 0.220 e. The first kappa shape index (κ1) is 10.7. The molecule has 3 nitrogen and oxygen atoms in total. The Morgan fingerprint density at radius 3 is 3.19 bits per heavy atom. The lowest BCUT2D eigenvalue weighted by molar-refractivity contribution is -0.121. The highest BCUT2D eigenvalue weighted by atomic mass is 16.1. The van der Waals surface area contributed by atoms with Crippen molar-refractivity contribution in [1.82, 2.24) is 5.32 Å². The first-order valence-electron chi connectivity index (χ1n) is 5.51. The maximum absolute atomic E-state index is 11.6. The maximum atomic E-state index is 11.6. The van der Waals surface area contributed by atoms with Gasteiger partial charge in [-0.15, -0.1) is 6.58 Å². The molecular weight excluding hydrogens is 200 g/mol. The number of hydrogen-bond donors (Lipinski definition) is 2. The molecule has 0 radical (unpaired) electrons. The minimum absolute atomic E-state index is 0.0865. The lowest BCUT2D eigenvalue weighted by atomic mass is 9.98. The number of amides is 1. The average Bonchev–Trinajstić information content (AvgIpc) is 2.70. The van der Waals surface area contributed by atoms with Crippen LogP contribution >= 0.6 is 0 Å². The summed E-state index contributed by atoms with van der Waals surface area (Å²) in [7, 11) is 0. The Bertz CT molecular complexity index is 401. The van der Waals surface area contributed by atoms with Crippen molar-refractivity contribution >= 4 is 11.6 Å². The van der Waals surface area contributed by atoms with Crippen molar-refractivity contribution in [2.24, 2.45) is 0 Å². The molecule has 1 aromatic rings. The minimum atomic E-state index is 0.0865. The van der Waals surface area contributed by atoms with Crippen LogP contribution in [0.25, 0.3) is 0 Å². The molecule has 0 bridgehead atoms. The number of nitrogens with one attached hydrogen (secondary N) is 2. The van der Waals surface area contributed by atoms with E-state index in [0.717, 1.165) is 12.2 Å². The molecule has 84 valence electrons. The van der Waals surface area contributed by atoms with Gasteiger partial charge in [0, 0.05) is 31.1 Å². The second kappa shape index (κ2) is 4.84. The summed E-state index contributed by atoms with van der Waals surface area (Å²) >= 11 is 0. The molecule has 1 unspecified atom stereocenters. The van der Waals surface area contributed by atoms with Crippen LogP contribution in [0.4, 0.5) is 5.69 Å². The number of fused-ring (bicyclic) bond motifs is 1. The zero-order valence-corrected chi connectivity index (χ0v) is 9.20. The standard InChI is InChI=1S/C13H16N2O/c1-2-7-14-13(16)8-10-9-15-12-6-4-3-5-11(10)12/h2-6,10,15H,1,7-9H2,(H,14,16). The van der Waals surface area contributed by atoms with Crippen LogP contribution in [0.5, 0.6) is 0 Å². The van der Waals surface area contributed by atoms with Gasteiger partial charge in [-0.3, -0.25) is 4.79 Å².